The maximum Gasteiger partial charge on any atom is 0.167 e. The highest BCUT2D eigenvalue weighted by atomic mass is 35.5. The third kappa shape index (κ3) is 2.87. The van der Waals surface area contributed by atoms with E-state index < -0.39 is 0 Å². The van der Waals surface area contributed by atoms with Crippen LogP contribution >= 0.6 is 11.6 Å². The molecule has 0 radical (unpaired) electrons. The number of hydrogen-bond acceptors (Lipinski definition) is 3. The van der Waals surface area contributed by atoms with Crippen LogP contribution in [0.5, 0.6) is 0 Å². The summed E-state index contributed by atoms with van der Waals surface area (Å²) in [5.41, 5.74) is 5.86. The Morgan fingerprint density at radius 1 is 1.41 bits per heavy atom. The van der Waals surface area contributed by atoms with E-state index in [0.29, 0.717) is 22.9 Å². The SMILES string of the molecule is CN(c1ncc(Cl)cc1F)C1CCC(N)CC1. The molecular weight excluding hydrogens is 241 g/mol. The van der Waals surface area contributed by atoms with Crippen molar-refractivity contribution >= 4 is 17.4 Å². The molecule has 94 valence electrons. The van der Waals surface area contributed by atoms with E-state index in [1.807, 2.05) is 11.9 Å². The largest absolute Gasteiger partial charge is 0.354 e. The zero-order valence-electron chi connectivity index (χ0n) is 9.87. The molecule has 3 nitrogen and oxygen atoms in total. The second kappa shape index (κ2) is 5.19. The first-order valence-corrected chi connectivity index (χ1v) is 6.25. The average molecular weight is 258 g/mol. The number of nitrogens with two attached hydrogens (primary N) is 1. The fraction of sp³-hybridized carbons (Fsp3) is 0.583. The molecule has 2 N–H and O–H groups in total. The lowest BCUT2D eigenvalue weighted by Crippen LogP contribution is -2.39. The van der Waals surface area contributed by atoms with E-state index in [4.69, 9.17) is 17.3 Å². The van der Waals surface area contributed by atoms with Crippen LogP contribution in [-0.2, 0) is 0 Å². The summed E-state index contributed by atoms with van der Waals surface area (Å²) in [5, 5.41) is 0.324. The second-order valence-corrected chi connectivity index (χ2v) is 5.07. The lowest BCUT2D eigenvalue weighted by molar-refractivity contribution is 0.381. The quantitative estimate of drug-likeness (QED) is 0.886. The lowest BCUT2D eigenvalue weighted by Gasteiger charge is -2.34. The van der Waals surface area contributed by atoms with Gasteiger partial charge in [-0.05, 0) is 31.7 Å². The Morgan fingerprint density at radius 3 is 2.65 bits per heavy atom. The first-order chi connectivity index (χ1) is 8.08. The molecule has 1 aromatic heterocycles. The number of aromatic nitrogens is 1. The maximum atomic E-state index is 13.7. The van der Waals surface area contributed by atoms with Gasteiger partial charge in [-0.3, -0.25) is 0 Å². The summed E-state index contributed by atoms with van der Waals surface area (Å²) in [7, 11) is 1.88. The zero-order valence-corrected chi connectivity index (χ0v) is 10.6. The fourth-order valence-corrected chi connectivity index (χ4v) is 2.47. The van der Waals surface area contributed by atoms with Crippen LogP contribution in [0.4, 0.5) is 10.2 Å². The summed E-state index contributed by atoms with van der Waals surface area (Å²) in [4.78, 5) is 5.96. The van der Waals surface area contributed by atoms with E-state index in [-0.39, 0.29) is 5.82 Å². The van der Waals surface area contributed by atoms with E-state index in [9.17, 15) is 4.39 Å². The highest BCUT2D eigenvalue weighted by Crippen LogP contribution is 2.27. The topological polar surface area (TPSA) is 42.2 Å². The molecular formula is C12H17ClFN3. The van der Waals surface area contributed by atoms with Crippen molar-refractivity contribution in [3.05, 3.63) is 23.1 Å². The van der Waals surface area contributed by atoms with Crippen molar-refractivity contribution < 1.29 is 4.39 Å². The van der Waals surface area contributed by atoms with Crippen molar-refractivity contribution in [2.75, 3.05) is 11.9 Å². The van der Waals surface area contributed by atoms with E-state index in [1.54, 1.807) is 0 Å². The lowest BCUT2D eigenvalue weighted by atomic mass is 9.91. The second-order valence-electron chi connectivity index (χ2n) is 4.64. The Morgan fingerprint density at radius 2 is 2.06 bits per heavy atom. The van der Waals surface area contributed by atoms with Crippen molar-refractivity contribution in [1.29, 1.82) is 0 Å². The molecule has 1 saturated carbocycles. The molecule has 1 fully saturated rings. The van der Waals surface area contributed by atoms with Gasteiger partial charge in [-0.1, -0.05) is 11.6 Å². The van der Waals surface area contributed by atoms with Crippen LogP contribution in [0.3, 0.4) is 0 Å². The van der Waals surface area contributed by atoms with Gasteiger partial charge in [0.05, 0.1) is 5.02 Å². The van der Waals surface area contributed by atoms with Crippen LogP contribution in [-0.4, -0.2) is 24.1 Å². The molecule has 1 aromatic rings. The molecule has 0 atom stereocenters. The predicted molar refractivity (Wildman–Crippen MR) is 67.8 cm³/mol. The van der Waals surface area contributed by atoms with Crippen LogP contribution in [0.1, 0.15) is 25.7 Å². The van der Waals surface area contributed by atoms with Gasteiger partial charge >= 0.3 is 0 Å². The monoisotopic (exact) mass is 257 g/mol. The van der Waals surface area contributed by atoms with Gasteiger partial charge in [0.25, 0.3) is 0 Å². The van der Waals surface area contributed by atoms with Gasteiger partial charge in [0, 0.05) is 25.3 Å². The average Bonchev–Trinajstić information content (AvgIpc) is 2.29. The van der Waals surface area contributed by atoms with Crippen LogP contribution in [0.25, 0.3) is 0 Å². The number of rotatable bonds is 2. The standard InChI is InChI=1S/C12H17ClFN3/c1-17(10-4-2-9(15)3-5-10)12-11(14)6-8(13)7-16-12/h6-7,9-10H,2-5,15H2,1H3. The maximum absolute atomic E-state index is 13.7. The fourth-order valence-electron chi connectivity index (χ4n) is 2.33. The molecule has 0 saturated heterocycles. The van der Waals surface area contributed by atoms with Crippen molar-refractivity contribution in [2.24, 2.45) is 5.73 Å². The minimum atomic E-state index is -0.366. The molecule has 17 heavy (non-hydrogen) atoms. The molecule has 0 aliphatic heterocycles. The number of anilines is 1. The predicted octanol–water partition coefficient (Wildman–Crippen LogP) is 2.58. The van der Waals surface area contributed by atoms with E-state index in [0.717, 1.165) is 25.7 Å². The first kappa shape index (κ1) is 12.6. The molecule has 0 unspecified atom stereocenters. The Labute approximate surface area is 106 Å². The van der Waals surface area contributed by atoms with Gasteiger partial charge in [0.1, 0.15) is 0 Å². The van der Waals surface area contributed by atoms with Gasteiger partial charge in [0.2, 0.25) is 0 Å². The van der Waals surface area contributed by atoms with Crippen LogP contribution in [0.15, 0.2) is 12.3 Å². The molecule has 1 aliphatic rings. The summed E-state index contributed by atoms with van der Waals surface area (Å²) in [6, 6.07) is 1.91. The highest BCUT2D eigenvalue weighted by molar-refractivity contribution is 6.30. The van der Waals surface area contributed by atoms with Crippen molar-refractivity contribution in [3.63, 3.8) is 0 Å². The van der Waals surface area contributed by atoms with E-state index in [2.05, 4.69) is 4.98 Å². The minimum absolute atomic E-state index is 0.294. The summed E-state index contributed by atoms with van der Waals surface area (Å²) in [5.74, 6) is 0.00439. The Hall–Kier alpha value is -0.870. The molecule has 5 heteroatoms. The van der Waals surface area contributed by atoms with Crippen molar-refractivity contribution in [2.45, 2.75) is 37.8 Å². The molecule has 0 amide bonds. The summed E-state index contributed by atoms with van der Waals surface area (Å²) in [6.45, 7) is 0. The highest BCUT2D eigenvalue weighted by Gasteiger charge is 2.24. The molecule has 1 heterocycles. The van der Waals surface area contributed by atoms with Gasteiger partial charge in [-0.15, -0.1) is 0 Å². The summed E-state index contributed by atoms with van der Waals surface area (Å²) >= 11 is 5.69. The van der Waals surface area contributed by atoms with E-state index in [1.165, 1.54) is 12.3 Å². The van der Waals surface area contributed by atoms with Crippen LogP contribution < -0.4 is 10.6 Å². The Bertz CT molecular complexity index is 391. The van der Waals surface area contributed by atoms with Crippen molar-refractivity contribution in [1.82, 2.24) is 4.98 Å². The first-order valence-electron chi connectivity index (χ1n) is 5.87. The summed E-state index contributed by atoms with van der Waals surface area (Å²) < 4.78 is 13.7. The molecule has 2 rings (SSSR count). The third-order valence-corrected chi connectivity index (χ3v) is 3.62. The molecule has 0 spiro atoms. The number of hydrogen-bond donors (Lipinski definition) is 1. The number of pyridine rings is 1. The van der Waals surface area contributed by atoms with Crippen LogP contribution in [0.2, 0.25) is 5.02 Å². The number of nitrogens with zero attached hydrogens (tertiary/aromatic N) is 2. The van der Waals surface area contributed by atoms with Crippen LogP contribution in [0, 0.1) is 5.82 Å². The van der Waals surface area contributed by atoms with Gasteiger partial charge in [-0.2, -0.15) is 0 Å². The Kier molecular flexibility index (Phi) is 3.84. The smallest absolute Gasteiger partial charge is 0.167 e. The molecule has 0 aromatic carbocycles. The third-order valence-electron chi connectivity index (χ3n) is 3.41. The summed E-state index contributed by atoms with van der Waals surface area (Å²) in [6.07, 6.45) is 5.43. The van der Waals surface area contributed by atoms with Crippen molar-refractivity contribution in [3.8, 4) is 0 Å². The van der Waals surface area contributed by atoms with Gasteiger partial charge in [0.15, 0.2) is 11.6 Å². The normalized spacial score (nSPS) is 24.7. The van der Waals surface area contributed by atoms with Gasteiger partial charge < -0.3 is 10.6 Å². The van der Waals surface area contributed by atoms with E-state index >= 15 is 0 Å². The number of halogens is 2. The molecule has 0 bridgehead atoms. The zero-order chi connectivity index (χ0) is 12.4. The minimum Gasteiger partial charge on any atom is -0.354 e. The van der Waals surface area contributed by atoms with Gasteiger partial charge in [-0.25, -0.2) is 9.37 Å². The Balaban J connectivity index is 2.11. The molecule has 1 aliphatic carbocycles.